The van der Waals surface area contributed by atoms with Gasteiger partial charge in [-0.1, -0.05) is 12.1 Å². The summed E-state index contributed by atoms with van der Waals surface area (Å²) in [5, 5.41) is 0. The van der Waals surface area contributed by atoms with E-state index in [1.165, 1.54) is 6.92 Å². The van der Waals surface area contributed by atoms with Crippen LogP contribution in [0, 0.1) is 0 Å². The number of nitrogens with zero attached hydrogens (tertiary/aromatic N) is 2. The fourth-order valence-corrected chi connectivity index (χ4v) is 2.01. The molecule has 0 radical (unpaired) electrons. The van der Waals surface area contributed by atoms with E-state index in [1.807, 2.05) is 0 Å². The van der Waals surface area contributed by atoms with Crippen molar-refractivity contribution in [3.05, 3.63) is 66.0 Å². The minimum atomic E-state index is -0.488. The van der Waals surface area contributed by atoms with Crippen LogP contribution in [0.4, 0.5) is 0 Å². The number of ether oxygens (including phenoxy) is 1. The summed E-state index contributed by atoms with van der Waals surface area (Å²) in [7, 11) is 0. The zero-order valence-corrected chi connectivity index (χ0v) is 11.8. The Morgan fingerprint density at radius 1 is 0.864 bits per heavy atom. The van der Waals surface area contributed by atoms with E-state index in [9.17, 15) is 9.59 Å². The lowest BCUT2D eigenvalue weighted by atomic mass is 10.1. The first-order chi connectivity index (χ1) is 10.6. The Bertz CT molecular complexity index is 857. The molecule has 3 rings (SSSR count). The van der Waals surface area contributed by atoms with Crippen LogP contribution in [-0.2, 0) is 0 Å². The van der Waals surface area contributed by atoms with E-state index in [1.54, 1.807) is 54.9 Å². The van der Waals surface area contributed by atoms with Crippen LogP contribution in [0.3, 0.4) is 0 Å². The average Bonchev–Trinajstić information content (AvgIpc) is 2.55. The molecule has 0 unspecified atom stereocenters. The summed E-state index contributed by atoms with van der Waals surface area (Å²) in [5.41, 5.74) is 2.31. The first kappa shape index (κ1) is 13.9. The van der Waals surface area contributed by atoms with Gasteiger partial charge in [-0.25, -0.2) is 4.79 Å². The lowest BCUT2D eigenvalue weighted by Crippen LogP contribution is -2.08. The number of hydrogen-bond donors (Lipinski definition) is 0. The van der Waals surface area contributed by atoms with Crippen LogP contribution in [0.15, 0.2) is 54.9 Å². The van der Waals surface area contributed by atoms with Gasteiger partial charge < -0.3 is 4.74 Å². The van der Waals surface area contributed by atoms with Gasteiger partial charge in [0.15, 0.2) is 5.78 Å². The van der Waals surface area contributed by atoms with E-state index < -0.39 is 5.97 Å². The molecule has 0 atom stereocenters. The van der Waals surface area contributed by atoms with Crippen molar-refractivity contribution in [3.63, 3.8) is 0 Å². The number of ketones is 1. The third kappa shape index (κ3) is 2.83. The summed E-state index contributed by atoms with van der Waals surface area (Å²) in [4.78, 5) is 31.6. The zero-order chi connectivity index (χ0) is 15.5. The molecular formula is C17H12N2O3. The van der Waals surface area contributed by atoms with Gasteiger partial charge in [0.05, 0.1) is 16.6 Å². The van der Waals surface area contributed by atoms with E-state index in [2.05, 4.69) is 9.97 Å². The SMILES string of the molecule is CC(=O)c1ccc(C(=O)Oc2ccc3nccnc3c2)cc1. The van der Waals surface area contributed by atoms with Gasteiger partial charge in [0.1, 0.15) is 5.75 Å². The summed E-state index contributed by atoms with van der Waals surface area (Å²) in [5.74, 6) is -0.139. The Labute approximate surface area is 126 Å². The van der Waals surface area contributed by atoms with E-state index in [-0.39, 0.29) is 5.78 Å². The molecule has 5 heteroatoms. The molecule has 5 nitrogen and oxygen atoms in total. The molecule has 108 valence electrons. The van der Waals surface area contributed by atoms with Crippen LogP contribution in [-0.4, -0.2) is 21.7 Å². The summed E-state index contributed by atoms with van der Waals surface area (Å²) >= 11 is 0. The van der Waals surface area contributed by atoms with Crippen molar-refractivity contribution in [3.8, 4) is 5.75 Å². The second-order valence-electron chi connectivity index (χ2n) is 4.73. The first-order valence-corrected chi connectivity index (χ1v) is 6.67. The molecule has 2 aromatic carbocycles. The van der Waals surface area contributed by atoms with Crippen LogP contribution in [0.5, 0.6) is 5.75 Å². The number of aromatic nitrogens is 2. The van der Waals surface area contributed by atoms with Crippen LogP contribution in [0.2, 0.25) is 0 Å². The first-order valence-electron chi connectivity index (χ1n) is 6.67. The van der Waals surface area contributed by atoms with E-state index in [0.29, 0.717) is 22.4 Å². The number of hydrogen-bond acceptors (Lipinski definition) is 5. The highest BCUT2D eigenvalue weighted by atomic mass is 16.5. The molecule has 22 heavy (non-hydrogen) atoms. The number of benzene rings is 2. The van der Waals surface area contributed by atoms with Crippen molar-refractivity contribution in [1.29, 1.82) is 0 Å². The molecule has 0 saturated heterocycles. The Morgan fingerprint density at radius 2 is 1.50 bits per heavy atom. The minimum absolute atomic E-state index is 0.0481. The number of carbonyl (C=O) groups excluding carboxylic acids is 2. The lowest BCUT2D eigenvalue weighted by Gasteiger charge is -2.05. The van der Waals surface area contributed by atoms with Crippen LogP contribution in [0.1, 0.15) is 27.6 Å². The highest BCUT2D eigenvalue weighted by Crippen LogP contribution is 2.18. The molecule has 0 aliphatic rings. The van der Waals surface area contributed by atoms with Crippen molar-refractivity contribution >= 4 is 22.8 Å². The second-order valence-corrected chi connectivity index (χ2v) is 4.73. The molecule has 0 spiro atoms. The molecule has 0 N–H and O–H groups in total. The highest BCUT2D eigenvalue weighted by Gasteiger charge is 2.10. The molecule has 0 amide bonds. The fourth-order valence-electron chi connectivity index (χ4n) is 2.01. The molecule has 1 aromatic heterocycles. The third-order valence-electron chi connectivity index (χ3n) is 3.18. The maximum atomic E-state index is 12.1. The number of carbonyl (C=O) groups is 2. The Balaban J connectivity index is 1.81. The van der Waals surface area contributed by atoms with Gasteiger partial charge >= 0.3 is 5.97 Å². The fraction of sp³-hybridized carbons (Fsp3) is 0.0588. The van der Waals surface area contributed by atoms with Crippen LogP contribution in [0.25, 0.3) is 11.0 Å². The van der Waals surface area contributed by atoms with Gasteiger partial charge in [-0.15, -0.1) is 0 Å². The third-order valence-corrected chi connectivity index (χ3v) is 3.18. The van der Waals surface area contributed by atoms with Crippen molar-refractivity contribution in [2.75, 3.05) is 0 Å². The quantitative estimate of drug-likeness (QED) is 0.421. The predicted molar refractivity (Wildman–Crippen MR) is 80.9 cm³/mol. The van der Waals surface area contributed by atoms with Crippen molar-refractivity contribution in [1.82, 2.24) is 9.97 Å². The molecule has 1 heterocycles. The molecular weight excluding hydrogens is 280 g/mol. The van der Waals surface area contributed by atoms with Crippen LogP contribution < -0.4 is 4.74 Å². The van der Waals surface area contributed by atoms with Gasteiger partial charge in [-0.2, -0.15) is 0 Å². The standard InChI is InChI=1S/C17H12N2O3/c1-11(20)12-2-4-13(5-3-12)17(21)22-14-6-7-15-16(10-14)19-9-8-18-15/h2-10H,1H3. The Hall–Kier alpha value is -3.08. The van der Waals surface area contributed by atoms with E-state index >= 15 is 0 Å². The number of esters is 1. The molecule has 0 saturated carbocycles. The number of Topliss-reactive ketones (excluding diaryl/α,β-unsaturated/α-hetero) is 1. The van der Waals surface area contributed by atoms with Crippen LogP contribution >= 0.6 is 0 Å². The summed E-state index contributed by atoms with van der Waals surface area (Å²) in [6.07, 6.45) is 3.18. The summed E-state index contributed by atoms with van der Waals surface area (Å²) < 4.78 is 5.32. The largest absolute Gasteiger partial charge is 0.423 e. The molecule has 0 fully saturated rings. The number of rotatable bonds is 3. The monoisotopic (exact) mass is 292 g/mol. The highest BCUT2D eigenvalue weighted by molar-refractivity contribution is 5.96. The molecule has 0 aliphatic carbocycles. The lowest BCUT2D eigenvalue weighted by molar-refractivity contribution is 0.0734. The van der Waals surface area contributed by atoms with Crippen molar-refractivity contribution in [2.24, 2.45) is 0 Å². The Morgan fingerprint density at radius 3 is 2.18 bits per heavy atom. The van der Waals surface area contributed by atoms with E-state index in [0.717, 1.165) is 5.52 Å². The number of fused-ring (bicyclic) bond motifs is 1. The van der Waals surface area contributed by atoms with Gasteiger partial charge in [0.2, 0.25) is 0 Å². The summed E-state index contributed by atoms with van der Waals surface area (Å²) in [6.45, 7) is 1.48. The minimum Gasteiger partial charge on any atom is -0.423 e. The van der Waals surface area contributed by atoms with Gasteiger partial charge in [-0.05, 0) is 31.2 Å². The normalized spacial score (nSPS) is 10.4. The smallest absolute Gasteiger partial charge is 0.343 e. The molecule has 3 aromatic rings. The van der Waals surface area contributed by atoms with Gasteiger partial charge in [0.25, 0.3) is 0 Å². The second kappa shape index (κ2) is 5.73. The average molecular weight is 292 g/mol. The van der Waals surface area contributed by atoms with Crippen molar-refractivity contribution in [2.45, 2.75) is 6.92 Å². The van der Waals surface area contributed by atoms with E-state index in [4.69, 9.17) is 4.74 Å². The van der Waals surface area contributed by atoms with Gasteiger partial charge in [0, 0.05) is 24.0 Å². The van der Waals surface area contributed by atoms with Gasteiger partial charge in [-0.3, -0.25) is 14.8 Å². The summed E-state index contributed by atoms with van der Waals surface area (Å²) in [6, 6.07) is 11.4. The zero-order valence-electron chi connectivity index (χ0n) is 11.8. The molecule has 0 bridgehead atoms. The molecule has 0 aliphatic heterocycles. The van der Waals surface area contributed by atoms with Crippen molar-refractivity contribution < 1.29 is 14.3 Å². The maximum absolute atomic E-state index is 12.1. The topological polar surface area (TPSA) is 69.2 Å². The Kier molecular flexibility index (Phi) is 3.62. The maximum Gasteiger partial charge on any atom is 0.343 e. The predicted octanol–water partition coefficient (Wildman–Crippen LogP) is 3.05.